The average Bonchev–Trinajstić information content (AvgIpc) is 2.95. The molecule has 0 aliphatic heterocycles. The summed E-state index contributed by atoms with van der Waals surface area (Å²) in [4.78, 5) is 10.6. The van der Waals surface area contributed by atoms with Crippen LogP contribution < -0.4 is 4.74 Å². The van der Waals surface area contributed by atoms with E-state index in [1.54, 1.807) is 18.2 Å². The van der Waals surface area contributed by atoms with E-state index < -0.39 is 0 Å². The Morgan fingerprint density at radius 3 is 2.60 bits per heavy atom. The Labute approximate surface area is 120 Å². The molecule has 3 rings (SSSR count). The van der Waals surface area contributed by atoms with Crippen LogP contribution in [-0.2, 0) is 6.61 Å². The van der Waals surface area contributed by atoms with Crippen molar-refractivity contribution in [2.24, 2.45) is 0 Å². The summed E-state index contributed by atoms with van der Waals surface area (Å²) in [6, 6.07) is 14.7. The van der Waals surface area contributed by atoms with Crippen molar-refractivity contribution in [1.29, 1.82) is 0 Å². The Balaban J connectivity index is 1.87. The minimum absolute atomic E-state index is 0.263. The topological polar surface area (TPSA) is 39.4 Å². The molecule has 1 aromatic heterocycles. The zero-order valence-corrected chi connectivity index (χ0v) is 11.3. The van der Waals surface area contributed by atoms with Gasteiger partial charge in [-0.3, -0.25) is 4.79 Å². The number of carbonyl (C=O) groups is 1. The molecule has 1 heterocycles. The lowest BCUT2D eigenvalue weighted by atomic mass is 10.1. The van der Waals surface area contributed by atoms with Gasteiger partial charge >= 0.3 is 0 Å². The van der Waals surface area contributed by atoms with Gasteiger partial charge in [0.1, 0.15) is 18.1 Å². The summed E-state index contributed by atoms with van der Waals surface area (Å²) in [7, 11) is 0. The highest BCUT2D eigenvalue weighted by molar-refractivity contribution is 6.35. The van der Waals surface area contributed by atoms with Gasteiger partial charge in [-0.2, -0.15) is 0 Å². The first-order valence-electron chi connectivity index (χ1n) is 6.12. The van der Waals surface area contributed by atoms with Gasteiger partial charge in [0.2, 0.25) is 0 Å². The quantitative estimate of drug-likeness (QED) is 0.664. The summed E-state index contributed by atoms with van der Waals surface area (Å²) in [6.45, 7) is 0.263. The number of carbonyl (C=O) groups excluding carboxylic acids is 1. The first-order chi connectivity index (χ1) is 9.78. The van der Waals surface area contributed by atoms with Crippen molar-refractivity contribution in [2.75, 3.05) is 0 Å². The molecule has 100 valence electrons. The van der Waals surface area contributed by atoms with E-state index >= 15 is 0 Å². The molecule has 4 heteroatoms. The highest BCUT2D eigenvalue weighted by atomic mass is 35.5. The second-order valence-electron chi connectivity index (χ2n) is 4.30. The Hall–Kier alpha value is -2.26. The van der Waals surface area contributed by atoms with Crippen LogP contribution in [0.3, 0.4) is 0 Å². The number of ether oxygens (including phenoxy) is 1. The number of fused-ring (bicyclic) bond motifs is 1. The molecule has 0 unspecified atom stereocenters. The predicted octanol–water partition coefficient (Wildman–Crippen LogP) is 4.48. The third-order valence-corrected chi connectivity index (χ3v) is 3.33. The second kappa shape index (κ2) is 5.39. The third-order valence-electron chi connectivity index (χ3n) is 3.00. The average molecular weight is 287 g/mol. The molecule has 0 radical (unpaired) electrons. The van der Waals surface area contributed by atoms with Crippen molar-refractivity contribution >= 4 is 28.7 Å². The minimum Gasteiger partial charge on any atom is -0.485 e. The van der Waals surface area contributed by atoms with Crippen molar-refractivity contribution in [2.45, 2.75) is 6.61 Å². The largest absolute Gasteiger partial charge is 0.485 e. The van der Waals surface area contributed by atoms with E-state index in [1.807, 2.05) is 30.3 Å². The monoisotopic (exact) mass is 286 g/mol. The van der Waals surface area contributed by atoms with Gasteiger partial charge < -0.3 is 9.15 Å². The van der Waals surface area contributed by atoms with E-state index in [0.29, 0.717) is 22.8 Å². The van der Waals surface area contributed by atoms with Crippen LogP contribution in [0.2, 0.25) is 5.02 Å². The number of halogens is 1. The lowest BCUT2D eigenvalue weighted by molar-refractivity contribution is 0.109. The van der Waals surface area contributed by atoms with E-state index in [0.717, 1.165) is 16.5 Å². The van der Waals surface area contributed by atoms with Crippen molar-refractivity contribution in [1.82, 2.24) is 0 Å². The van der Waals surface area contributed by atoms with Gasteiger partial charge in [0.25, 0.3) is 0 Å². The SMILES string of the molecule is O=Cc1ccc(COc2ccc(Cl)c3ccccc23)o1. The molecule has 0 bridgehead atoms. The molecule has 0 amide bonds. The molecule has 0 fully saturated rings. The minimum atomic E-state index is 0.263. The Morgan fingerprint density at radius 2 is 1.85 bits per heavy atom. The molecule has 3 aromatic rings. The first kappa shape index (κ1) is 12.8. The molecule has 0 N–H and O–H groups in total. The van der Waals surface area contributed by atoms with Crippen LogP contribution in [0.1, 0.15) is 16.3 Å². The normalized spacial score (nSPS) is 10.7. The molecule has 0 atom stereocenters. The fraction of sp³-hybridized carbons (Fsp3) is 0.0625. The molecule has 0 saturated heterocycles. The van der Waals surface area contributed by atoms with Crippen LogP contribution in [0.25, 0.3) is 10.8 Å². The van der Waals surface area contributed by atoms with E-state index in [2.05, 4.69) is 0 Å². The van der Waals surface area contributed by atoms with E-state index in [-0.39, 0.29) is 6.61 Å². The maximum Gasteiger partial charge on any atom is 0.185 e. The Morgan fingerprint density at radius 1 is 1.05 bits per heavy atom. The summed E-state index contributed by atoms with van der Waals surface area (Å²) in [5, 5.41) is 2.58. The number of furan rings is 1. The highest BCUT2D eigenvalue weighted by Gasteiger charge is 2.07. The third kappa shape index (κ3) is 2.40. The van der Waals surface area contributed by atoms with Gasteiger partial charge in [0.05, 0.1) is 0 Å². The predicted molar refractivity (Wildman–Crippen MR) is 77.4 cm³/mol. The fourth-order valence-electron chi connectivity index (χ4n) is 2.04. The maximum absolute atomic E-state index is 10.6. The zero-order chi connectivity index (χ0) is 13.9. The van der Waals surface area contributed by atoms with Crippen molar-refractivity contribution in [3.05, 3.63) is 65.1 Å². The molecule has 20 heavy (non-hydrogen) atoms. The van der Waals surface area contributed by atoms with Gasteiger partial charge in [-0.1, -0.05) is 35.9 Å². The molecule has 2 aromatic carbocycles. The first-order valence-corrected chi connectivity index (χ1v) is 6.49. The summed E-state index contributed by atoms with van der Waals surface area (Å²) >= 11 is 6.16. The molecular weight excluding hydrogens is 276 g/mol. The summed E-state index contributed by atoms with van der Waals surface area (Å²) in [5.41, 5.74) is 0. The number of hydrogen-bond donors (Lipinski definition) is 0. The number of hydrogen-bond acceptors (Lipinski definition) is 3. The number of rotatable bonds is 4. The van der Waals surface area contributed by atoms with Crippen LogP contribution in [0.15, 0.2) is 52.9 Å². The Kier molecular flexibility index (Phi) is 3.44. The smallest absolute Gasteiger partial charge is 0.185 e. The van der Waals surface area contributed by atoms with Gasteiger partial charge in [-0.25, -0.2) is 0 Å². The van der Waals surface area contributed by atoms with Crippen LogP contribution >= 0.6 is 11.6 Å². The van der Waals surface area contributed by atoms with Crippen molar-refractivity contribution in [3.8, 4) is 5.75 Å². The molecular formula is C16H11ClO3. The van der Waals surface area contributed by atoms with Crippen LogP contribution in [-0.4, -0.2) is 6.29 Å². The summed E-state index contributed by atoms with van der Waals surface area (Å²) in [6.07, 6.45) is 0.668. The van der Waals surface area contributed by atoms with Gasteiger partial charge in [0, 0.05) is 15.8 Å². The van der Waals surface area contributed by atoms with Crippen LogP contribution in [0, 0.1) is 0 Å². The van der Waals surface area contributed by atoms with Gasteiger partial charge in [-0.05, 0) is 24.3 Å². The summed E-state index contributed by atoms with van der Waals surface area (Å²) in [5.74, 6) is 1.63. The van der Waals surface area contributed by atoms with Crippen molar-refractivity contribution < 1.29 is 13.9 Å². The second-order valence-corrected chi connectivity index (χ2v) is 4.71. The van der Waals surface area contributed by atoms with Crippen LogP contribution in [0.5, 0.6) is 5.75 Å². The zero-order valence-electron chi connectivity index (χ0n) is 10.5. The molecule has 0 spiro atoms. The van der Waals surface area contributed by atoms with Gasteiger partial charge in [0.15, 0.2) is 12.0 Å². The maximum atomic E-state index is 10.6. The standard InChI is InChI=1S/C16H11ClO3/c17-15-7-8-16(14-4-2-1-3-13(14)15)19-10-12-6-5-11(9-18)20-12/h1-9H,10H2. The molecule has 0 saturated carbocycles. The van der Waals surface area contributed by atoms with Crippen molar-refractivity contribution in [3.63, 3.8) is 0 Å². The van der Waals surface area contributed by atoms with E-state index in [1.165, 1.54) is 0 Å². The number of benzene rings is 2. The summed E-state index contributed by atoms with van der Waals surface area (Å²) < 4.78 is 11.0. The molecule has 0 aliphatic carbocycles. The van der Waals surface area contributed by atoms with Crippen LogP contribution in [0.4, 0.5) is 0 Å². The van der Waals surface area contributed by atoms with E-state index in [4.69, 9.17) is 20.8 Å². The van der Waals surface area contributed by atoms with Gasteiger partial charge in [-0.15, -0.1) is 0 Å². The molecule has 3 nitrogen and oxygen atoms in total. The van der Waals surface area contributed by atoms with E-state index in [9.17, 15) is 4.79 Å². The molecule has 0 aliphatic rings. The fourth-order valence-corrected chi connectivity index (χ4v) is 2.27. The Bertz CT molecular complexity index is 761. The lowest BCUT2D eigenvalue weighted by Crippen LogP contribution is -1.94. The lowest BCUT2D eigenvalue weighted by Gasteiger charge is -2.09. The number of aldehydes is 1. The highest BCUT2D eigenvalue weighted by Crippen LogP contribution is 2.31.